The van der Waals surface area contributed by atoms with E-state index in [0.29, 0.717) is 0 Å². The Bertz CT molecular complexity index is 645. The summed E-state index contributed by atoms with van der Waals surface area (Å²) in [5.41, 5.74) is 0.892. The lowest BCUT2D eigenvalue weighted by Gasteiger charge is -2.48. The quantitative estimate of drug-likeness (QED) is 0.915. The van der Waals surface area contributed by atoms with E-state index in [4.69, 9.17) is 4.74 Å². The van der Waals surface area contributed by atoms with E-state index in [9.17, 15) is 5.11 Å². The molecule has 3 heteroatoms. The van der Waals surface area contributed by atoms with E-state index in [1.165, 1.54) is 6.42 Å². The maximum Gasteiger partial charge on any atom is 0.0996 e. The Kier molecular flexibility index (Phi) is 3.20. The minimum atomic E-state index is -0.488. The number of hydrogen-bond donors (Lipinski definition) is 1. The van der Waals surface area contributed by atoms with E-state index in [1.807, 2.05) is 18.2 Å². The van der Waals surface area contributed by atoms with Gasteiger partial charge in [-0.2, -0.15) is 0 Å². The molecule has 1 aliphatic carbocycles. The molecule has 2 aromatic rings. The van der Waals surface area contributed by atoms with Gasteiger partial charge in [-0.1, -0.05) is 24.3 Å². The van der Waals surface area contributed by atoms with Crippen molar-refractivity contribution in [3.8, 4) is 0 Å². The molecule has 110 valence electrons. The number of aliphatic hydroxyl groups excluding tert-OH is 1. The molecular weight excluding hydrogens is 262 g/mol. The van der Waals surface area contributed by atoms with Gasteiger partial charge < -0.3 is 9.84 Å². The van der Waals surface area contributed by atoms with Gasteiger partial charge in [-0.3, -0.25) is 4.98 Å². The van der Waals surface area contributed by atoms with Crippen LogP contribution in [0.4, 0.5) is 0 Å². The average molecular weight is 283 g/mol. The summed E-state index contributed by atoms with van der Waals surface area (Å²) in [4.78, 5) is 4.48. The van der Waals surface area contributed by atoms with Crippen LogP contribution < -0.4 is 0 Å². The predicted octanol–water partition coefficient (Wildman–Crippen LogP) is 3.62. The number of hydrogen-bond acceptors (Lipinski definition) is 3. The monoisotopic (exact) mass is 283 g/mol. The van der Waals surface area contributed by atoms with Gasteiger partial charge in [-0.15, -0.1) is 0 Å². The van der Waals surface area contributed by atoms with Gasteiger partial charge in [0.1, 0.15) is 0 Å². The van der Waals surface area contributed by atoms with E-state index in [0.717, 1.165) is 48.8 Å². The van der Waals surface area contributed by atoms with Crippen molar-refractivity contribution >= 4 is 10.8 Å². The van der Waals surface area contributed by atoms with Crippen LogP contribution in [-0.4, -0.2) is 22.3 Å². The summed E-state index contributed by atoms with van der Waals surface area (Å²) in [6.45, 7) is 0.770. The Morgan fingerprint density at radius 1 is 1.24 bits per heavy atom. The van der Waals surface area contributed by atoms with Crippen molar-refractivity contribution in [2.75, 3.05) is 6.61 Å². The average Bonchev–Trinajstić information content (AvgIpc) is 2.52. The standard InChI is InChI=1S/C18H21NO2/c20-17(14-7-11-21-18(12-14)8-3-9-18)16-15-5-2-1-4-13(15)6-10-19-16/h1-2,4-6,10,14,17,20H,3,7-9,11-12H2. The molecule has 2 heterocycles. The minimum absolute atomic E-state index is 0.0640. The molecule has 0 bridgehead atoms. The van der Waals surface area contributed by atoms with E-state index >= 15 is 0 Å². The number of pyridine rings is 1. The van der Waals surface area contributed by atoms with Crippen molar-refractivity contribution in [3.05, 3.63) is 42.2 Å². The molecule has 1 saturated heterocycles. The first-order valence-electron chi connectivity index (χ1n) is 7.93. The van der Waals surface area contributed by atoms with Crippen LogP contribution in [0.15, 0.2) is 36.5 Å². The number of rotatable bonds is 2. The molecule has 2 aliphatic rings. The lowest BCUT2D eigenvalue weighted by atomic mass is 9.70. The molecule has 1 aromatic heterocycles. The predicted molar refractivity (Wildman–Crippen MR) is 82.0 cm³/mol. The maximum absolute atomic E-state index is 10.9. The molecule has 2 atom stereocenters. The molecule has 1 saturated carbocycles. The molecule has 1 aliphatic heterocycles. The zero-order chi connectivity index (χ0) is 14.3. The number of benzene rings is 1. The summed E-state index contributed by atoms with van der Waals surface area (Å²) in [7, 11) is 0. The number of nitrogens with zero attached hydrogens (tertiary/aromatic N) is 1. The second-order valence-corrected chi connectivity index (χ2v) is 6.50. The summed E-state index contributed by atoms with van der Waals surface area (Å²) in [6.07, 6.45) is 6.78. The molecule has 2 fully saturated rings. The van der Waals surface area contributed by atoms with Crippen molar-refractivity contribution in [1.29, 1.82) is 0 Å². The third-order valence-corrected chi connectivity index (χ3v) is 5.23. The SMILES string of the molecule is OC(c1nccc2ccccc12)C1CCOC2(CCC2)C1. The van der Waals surface area contributed by atoms with Crippen LogP contribution in [0.2, 0.25) is 0 Å². The first-order chi connectivity index (χ1) is 10.3. The summed E-state index contributed by atoms with van der Waals surface area (Å²) >= 11 is 0. The summed E-state index contributed by atoms with van der Waals surface area (Å²) in [5.74, 6) is 0.261. The fraction of sp³-hybridized carbons (Fsp3) is 0.500. The van der Waals surface area contributed by atoms with Gasteiger partial charge in [0, 0.05) is 18.2 Å². The fourth-order valence-corrected chi connectivity index (χ4v) is 3.86. The summed E-state index contributed by atoms with van der Waals surface area (Å²) in [6, 6.07) is 10.2. The van der Waals surface area contributed by atoms with Crippen LogP contribution in [0.1, 0.15) is 43.9 Å². The van der Waals surface area contributed by atoms with Crippen LogP contribution in [0.5, 0.6) is 0 Å². The second-order valence-electron chi connectivity index (χ2n) is 6.50. The second kappa shape index (κ2) is 5.08. The lowest BCUT2D eigenvalue weighted by Crippen LogP contribution is -2.46. The molecule has 1 aromatic carbocycles. The van der Waals surface area contributed by atoms with Crippen LogP contribution >= 0.6 is 0 Å². The van der Waals surface area contributed by atoms with Gasteiger partial charge in [-0.25, -0.2) is 0 Å². The summed E-state index contributed by atoms with van der Waals surface area (Å²) in [5, 5.41) is 13.1. The summed E-state index contributed by atoms with van der Waals surface area (Å²) < 4.78 is 5.97. The molecule has 2 unspecified atom stereocenters. The highest BCUT2D eigenvalue weighted by molar-refractivity contribution is 5.84. The van der Waals surface area contributed by atoms with Crippen LogP contribution in [-0.2, 0) is 4.74 Å². The van der Waals surface area contributed by atoms with E-state index in [-0.39, 0.29) is 11.5 Å². The Morgan fingerprint density at radius 3 is 2.90 bits per heavy atom. The normalized spacial score (nSPS) is 25.7. The molecule has 1 N–H and O–H groups in total. The van der Waals surface area contributed by atoms with Crippen LogP contribution in [0.25, 0.3) is 10.8 Å². The lowest BCUT2D eigenvalue weighted by molar-refractivity contribution is -0.157. The first kappa shape index (κ1) is 13.2. The topological polar surface area (TPSA) is 42.4 Å². The number of ether oxygens (including phenoxy) is 1. The number of aromatic nitrogens is 1. The van der Waals surface area contributed by atoms with Crippen molar-refractivity contribution in [3.63, 3.8) is 0 Å². The van der Waals surface area contributed by atoms with Crippen molar-refractivity contribution in [2.45, 2.75) is 43.8 Å². The molecule has 0 radical (unpaired) electrons. The van der Waals surface area contributed by atoms with Crippen molar-refractivity contribution < 1.29 is 9.84 Å². The van der Waals surface area contributed by atoms with Gasteiger partial charge in [0.15, 0.2) is 0 Å². The van der Waals surface area contributed by atoms with E-state index < -0.39 is 6.10 Å². The number of fused-ring (bicyclic) bond motifs is 1. The van der Waals surface area contributed by atoms with Crippen molar-refractivity contribution in [1.82, 2.24) is 4.98 Å². The van der Waals surface area contributed by atoms with Crippen molar-refractivity contribution in [2.24, 2.45) is 5.92 Å². The number of aliphatic hydroxyl groups is 1. The van der Waals surface area contributed by atoms with Gasteiger partial charge in [-0.05, 0) is 49.5 Å². The highest BCUT2D eigenvalue weighted by Crippen LogP contribution is 2.47. The largest absolute Gasteiger partial charge is 0.386 e. The fourth-order valence-electron chi connectivity index (χ4n) is 3.86. The smallest absolute Gasteiger partial charge is 0.0996 e. The first-order valence-corrected chi connectivity index (χ1v) is 7.93. The van der Waals surface area contributed by atoms with Gasteiger partial charge in [0.2, 0.25) is 0 Å². The highest BCUT2D eigenvalue weighted by atomic mass is 16.5. The van der Waals surface area contributed by atoms with Crippen LogP contribution in [0, 0.1) is 5.92 Å². The van der Waals surface area contributed by atoms with Gasteiger partial charge in [0.25, 0.3) is 0 Å². The Hall–Kier alpha value is -1.45. The molecule has 0 amide bonds. The zero-order valence-electron chi connectivity index (χ0n) is 12.2. The van der Waals surface area contributed by atoms with Crippen LogP contribution in [0.3, 0.4) is 0 Å². The third kappa shape index (κ3) is 2.25. The molecule has 3 nitrogen and oxygen atoms in total. The highest BCUT2D eigenvalue weighted by Gasteiger charge is 2.44. The maximum atomic E-state index is 10.9. The van der Waals surface area contributed by atoms with Gasteiger partial charge >= 0.3 is 0 Å². The molecule has 21 heavy (non-hydrogen) atoms. The Balaban J connectivity index is 1.65. The van der Waals surface area contributed by atoms with E-state index in [1.54, 1.807) is 6.20 Å². The minimum Gasteiger partial charge on any atom is -0.386 e. The van der Waals surface area contributed by atoms with Gasteiger partial charge in [0.05, 0.1) is 17.4 Å². The Morgan fingerprint density at radius 2 is 2.10 bits per heavy atom. The molecule has 4 rings (SSSR count). The third-order valence-electron chi connectivity index (χ3n) is 5.23. The van der Waals surface area contributed by atoms with E-state index in [2.05, 4.69) is 17.1 Å². The molecule has 1 spiro atoms. The molecular formula is C18H21NO2. The zero-order valence-corrected chi connectivity index (χ0v) is 12.2. The Labute approximate surface area is 125 Å².